The Hall–Kier alpha value is -1.16. The Morgan fingerprint density at radius 2 is 2.58 bits per heavy atom. The number of nitrogens with one attached hydrogen (secondary N) is 1. The molecule has 4 nitrogen and oxygen atoms in total. The lowest BCUT2D eigenvalue weighted by Gasteiger charge is -2.18. The number of rotatable bonds is 1. The van der Waals surface area contributed by atoms with E-state index in [9.17, 15) is 4.79 Å². The van der Waals surface area contributed by atoms with Gasteiger partial charge in [0.15, 0.2) is 6.39 Å². The third-order valence-corrected chi connectivity index (χ3v) is 2.08. The summed E-state index contributed by atoms with van der Waals surface area (Å²) in [6.45, 7) is 1.46. The number of carbonyl (C=O) groups excluding carboxylic acids is 1. The summed E-state index contributed by atoms with van der Waals surface area (Å²) >= 11 is 0. The minimum Gasteiger partial charge on any atom is -0.448 e. The second-order valence-electron chi connectivity index (χ2n) is 2.88. The van der Waals surface area contributed by atoms with Gasteiger partial charge in [0.25, 0.3) is 0 Å². The van der Waals surface area contributed by atoms with Gasteiger partial charge in [0, 0.05) is 19.5 Å². The van der Waals surface area contributed by atoms with Gasteiger partial charge < -0.3 is 9.73 Å². The van der Waals surface area contributed by atoms with Crippen molar-refractivity contribution in [2.45, 2.75) is 12.3 Å². The van der Waals surface area contributed by atoms with Crippen LogP contribution in [-0.4, -0.2) is 23.9 Å². The van der Waals surface area contributed by atoms with Crippen LogP contribution in [0.25, 0.3) is 0 Å². The summed E-state index contributed by atoms with van der Waals surface area (Å²) < 4.78 is 5.07. The van der Waals surface area contributed by atoms with Gasteiger partial charge in [-0.3, -0.25) is 4.79 Å². The van der Waals surface area contributed by atoms with E-state index in [0.29, 0.717) is 18.7 Å². The number of hydrogen-bond acceptors (Lipinski definition) is 4. The molecule has 0 aliphatic carbocycles. The van der Waals surface area contributed by atoms with E-state index in [-0.39, 0.29) is 11.7 Å². The van der Waals surface area contributed by atoms with Crippen molar-refractivity contribution in [3.05, 3.63) is 18.4 Å². The zero-order valence-electron chi connectivity index (χ0n) is 6.62. The fourth-order valence-electron chi connectivity index (χ4n) is 1.40. The molecule has 1 unspecified atom stereocenters. The third kappa shape index (κ3) is 1.25. The van der Waals surface area contributed by atoms with Crippen LogP contribution in [0.5, 0.6) is 0 Å². The number of nitrogens with zero attached hydrogens (tertiary/aromatic N) is 1. The van der Waals surface area contributed by atoms with Gasteiger partial charge >= 0.3 is 0 Å². The summed E-state index contributed by atoms with van der Waals surface area (Å²) in [6, 6.07) is 0. The molecule has 1 saturated heterocycles. The quantitative estimate of drug-likeness (QED) is 0.652. The van der Waals surface area contributed by atoms with Crippen LogP contribution in [-0.2, 0) is 4.79 Å². The number of oxazole rings is 1. The van der Waals surface area contributed by atoms with Crippen LogP contribution < -0.4 is 5.32 Å². The molecule has 1 aromatic heterocycles. The molecule has 1 aromatic rings. The average molecular weight is 166 g/mol. The number of carbonyl (C=O) groups is 1. The summed E-state index contributed by atoms with van der Waals surface area (Å²) in [5.41, 5.74) is 0. The lowest BCUT2D eigenvalue weighted by atomic mass is 9.96. The van der Waals surface area contributed by atoms with Gasteiger partial charge in [-0.15, -0.1) is 0 Å². The second-order valence-corrected chi connectivity index (χ2v) is 2.88. The molecule has 0 spiro atoms. The summed E-state index contributed by atoms with van der Waals surface area (Å²) in [4.78, 5) is 15.2. The van der Waals surface area contributed by atoms with Crippen LogP contribution >= 0.6 is 0 Å². The van der Waals surface area contributed by atoms with Crippen LogP contribution in [0.3, 0.4) is 0 Å². The molecule has 0 bridgehead atoms. The highest BCUT2D eigenvalue weighted by molar-refractivity contribution is 5.86. The van der Waals surface area contributed by atoms with Crippen molar-refractivity contribution in [1.29, 1.82) is 0 Å². The molecular weight excluding hydrogens is 156 g/mol. The van der Waals surface area contributed by atoms with Crippen molar-refractivity contribution in [3.63, 3.8) is 0 Å². The minimum absolute atomic E-state index is 0.124. The number of hydrogen-bond donors (Lipinski definition) is 1. The first kappa shape index (κ1) is 7.49. The molecule has 0 amide bonds. The van der Waals surface area contributed by atoms with Crippen LogP contribution in [0.2, 0.25) is 0 Å². The van der Waals surface area contributed by atoms with E-state index in [1.54, 1.807) is 6.20 Å². The first-order valence-corrected chi connectivity index (χ1v) is 4.00. The Morgan fingerprint density at radius 3 is 3.25 bits per heavy atom. The van der Waals surface area contributed by atoms with Gasteiger partial charge in [-0.05, 0) is 0 Å². The van der Waals surface area contributed by atoms with E-state index >= 15 is 0 Å². The number of aromatic nitrogens is 1. The zero-order chi connectivity index (χ0) is 8.39. The van der Waals surface area contributed by atoms with Crippen LogP contribution in [0, 0.1) is 0 Å². The summed E-state index contributed by atoms with van der Waals surface area (Å²) in [6.07, 6.45) is 3.55. The van der Waals surface area contributed by atoms with E-state index in [1.165, 1.54) is 6.39 Å². The normalized spacial score (nSPS) is 24.3. The van der Waals surface area contributed by atoms with Crippen molar-refractivity contribution in [2.24, 2.45) is 0 Å². The minimum atomic E-state index is -0.124. The van der Waals surface area contributed by atoms with Gasteiger partial charge in [0.2, 0.25) is 0 Å². The van der Waals surface area contributed by atoms with E-state index < -0.39 is 0 Å². The maximum atomic E-state index is 11.4. The Bertz CT molecular complexity index is 269. The van der Waals surface area contributed by atoms with Crippen molar-refractivity contribution < 1.29 is 9.21 Å². The van der Waals surface area contributed by atoms with E-state index in [2.05, 4.69) is 10.3 Å². The monoisotopic (exact) mass is 166 g/mol. The SMILES string of the molecule is O=C1CCNCC1c1cnco1. The molecule has 1 N–H and O–H groups in total. The number of ketones is 1. The molecule has 0 saturated carbocycles. The van der Waals surface area contributed by atoms with Crippen molar-refractivity contribution in [1.82, 2.24) is 10.3 Å². The smallest absolute Gasteiger partial charge is 0.180 e. The predicted molar refractivity (Wildman–Crippen MR) is 41.7 cm³/mol. The molecule has 0 aromatic carbocycles. The molecule has 64 valence electrons. The van der Waals surface area contributed by atoms with Crippen LogP contribution in [0.15, 0.2) is 17.0 Å². The third-order valence-electron chi connectivity index (χ3n) is 2.08. The topological polar surface area (TPSA) is 55.1 Å². The zero-order valence-corrected chi connectivity index (χ0v) is 6.62. The molecule has 2 rings (SSSR count). The second kappa shape index (κ2) is 3.06. The molecule has 1 atom stereocenters. The molecule has 2 heterocycles. The summed E-state index contributed by atoms with van der Waals surface area (Å²) in [5, 5.41) is 3.14. The highest BCUT2D eigenvalue weighted by Crippen LogP contribution is 2.18. The average Bonchev–Trinajstić information content (AvgIpc) is 2.57. The highest BCUT2D eigenvalue weighted by atomic mass is 16.3. The first-order chi connectivity index (χ1) is 5.88. The largest absolute Gasteiger partial charge is 0.448 e. The Balaban J connectivity index is 2.17. The molecule has 1 fully saturated rings. The van der Waals surface area contributed by atoms with Gasteiger partial charge in [-0.1, -0.05) is 0 Å². The molecule has 1 aliphatic rings. The molecule has 0 radical (unpaired) electrons. The van der Waals surface area contributed by atoms with E-state index in [4.69, 9.17) is 4.42 Å². The van der Waals surface area contributed by atoms with Crippen molar-refractivity contribution in [3.8, 4) is 0 Å². The maximum absolute atomic E-state index is 11.4. The maximum Gasteiger partial charge on any atom is 0.180 e. The Kier molecular flexibility index (Phi) is 1.91. The number of piperidine rings is 1. The van der Waals surface area contributed by atoms with Gasteiger partial charge in [0.05, 0.1) is 12.1 Å². The van der Waals surface area contributed by atoms with Gasteiger partial charge in [-0.2, -0.15) is 0 Å². The molecule has 1 aliphatic heterocycles. The highest BCUT2D eigenvalue weighted by Gasteiger charge is 2.25. The molecule has 4 heteroatoms. The summed E-state index contributed by atoms with van der Waals surface area (Å²) in [7, 11) is 0. The molecular formula is C8H10N2O2. The first-order valence-electron chi connectivity index (χ1n) is 4.00. The van der Waals surface area contributed by atoms with Crippen molar-refractivity contribution in [2.75, 3.05) is 13.1 Å². The van der Waals surface area contributed by atoms with Gasteiger partial charge in [0.1, 0.15) is 11.5 Å². The lowest BCUT2D eigenvalue weighted by Crippen LogP contribution is -2.35. The van der Waals surface area contributed by atoms with Crippen LogP contribution in [0.4, 0.5) is 0 Å². The van der Waals surface area contributed by atoms with E-state index in [1.807, 2.05) is 0 Å². The standard InChI is InChI=1S/C8H10N2O2/c11-7-1-2-9-3-6(7)8-4-10-5-12-8/h4-6,9H,1-3H2. The molecule has 12 heavy (non-hydrogen) atoms. The Morgan fingerprint density at radius 1 is 1.67 bits per heavy atom. The van der Waals surface area contributed by atoms with E-state index in [0.717, 1.165) is 6.54 Å². The summed E-state index contributed by atoms with van der Waals surface area (Å²) in [5.74, 6) is 0.791. The predicted octanol–water partition coefficient (Wildman–Crippen LogP) is 0.321. The number of Topliss-reactive ketones (excluding diaryl/α,β-unsaturated/α-hetero) is 1. The van der Waals surface area contributed by atoms with Crippen molar-refractivity contribution >= 4 is 5.78 Å². The van der Waals surface area contributed by atoms with Crippen LogP contribution in [0.1, 0.15) is 18.1 Å². The fraction of sp³-hybridized carbons (Fsp3) is 0.500. The van der Waals surface area contributed by atoms with Gasteiger partial charge in [-0.25, -0.2) is 4.98 Å². The Labute approximate surface area is 70.0 Å². The fourth-order valence-corrected chi connectivity index (χ4v) is 1.40. The lowest BCUT2D eigenvalue weighted by molar-refractivity contribution is -0.121.